The molecule has 0 bridgehead atoms. The predicted octanol–water partition coefficient (Wildman–Crippen LogP) is 2.47. The van der Waals surface area contributed by atoms with Gasteiger partial charge >= 0.3 is 6.03 Å². The molecule has 2 amide bonds. The Labute approximate surface area is 133 Å². The van der Waals surface area contributed by atoms with Gasteiger partial charge in [0.2, 0.25) is 0 Å². The van der Waals surface area contributed by atoms with Crippen LogP contribution in [-0.4, -0.2) is 36.4 Å². The number of aryl methyl sites for hydroxylation is 1. The normalized spacial score (nSPS) is 14.1. The number of carbonyl (C=O) groups is 1. The molecule has 0 aliphatic heterocycles. The first-order valence-electron chi connectivity index (χ1n) is 7.60. The van der Waals surface area contributed by atoms with E-state index in [4.69, 9.17) is 4.74 Å². The van der Waals surface area contributed by atoms with Crippen LogP contribution in [-0.2, 0) is 0 Å². The van der Waals surface area contributed by atoms with Gasteiger partial charge in [-0.3, -0.25) is 0 Å². The summed E-state index contributed by atoms with van der Waals surface area (Å²) < 4.78 is 5.49. The molecule has 1 aromatic rings. The Bertz CT molecular complexity index is 483. The van der Waals surface area contributed by atoms with E-state index in [1.165, 1.54) is 0 Å². The molecule has 124 valence electrons. The number of urea groups is 1. The Morgan fingerprint density at radius 2 is 2.05 bits per heavy atom. The van der Waals surface area contributed by atoms with Crippen LogP contribution < -0.4 is 15.4 Å². The summed E-state index contributed by atoms with van der Waals surface area (Å²) >= 11 is 0. The zero-order chi connectivity index (χ0) is 16.8. The first-order chi connectivity index (χ1) is 10.2. The van der Waals surface area contributed by atoms with Gasteiger partial charge in [-0.15, -0.1) is 0 Å². The quantitative estimate of drug-likeness (QED) is 0.756. The smallest absolute Gasteiger partial charge is 0.315 e. The summed E-state index contributed by atoms with van der Waals surface area (Å²) in [6.07, 6.45) is -0.754. The first kappa shape index (κ1) is 18.3. The van der Waals surface area contributed by atoms with Gasteiger partial charge in [0.1, 0.15) is 18.5 Å². The van der Waals surface area contributed by atoms with Crippen molar-refractivity contribution in [3.63, 3.8) is 0 Å². The van der Waals surface area contributed by atoms with Crippen LogP contribution in [0.15, 0.2) is 24.3 Å². The minimum atomic E-state index is -0.754. The minimum Gasteiger partial charge on any atom is -0.491 e. The number of benzene rings is 1. The zero-order valence-electron chi connectivity index (χ0n) is 14.1. The lowest BCUT2D eigenvalue weighted by Crippen LogP contribution is -2.48. The van der Waals surface area contributed by atoms with Crippen molar-refractivity contribution in [3.8, 4) is 5.75 Å². The molecule has 1 rings (SSSR count). The second-order valence-electron chi connectivity index (χ2n) is 6.72. The van der Waals surface area contributed by atoms with Crippen molar-refractivity contribution >= 4 is 6.03 Å². The molecular weight excluding hydrogens is 280 g/mol. The highest BCUT2D eigenvalue weighted by Crippen LogP contribution is 2.18. The lowest BCUT2D eigenvalue weighted by molar-refractivity contribution is 0.107. The van der Waals surface area contributed by atoms with Crippen molar-refractivity contribution < 1.29 is 14.6 Å². The van der Waals surface area contributed by atoms with Crippen molar-refractivity contribution in [3.05, 3.63) is 29.8 Å². The molecule has 0 saturated carbocycles. The molecule has 0 fully saturated rings. The first-order valence-corrected chi connectivity index (χ1v) is 7.60. The molecule has 0 aliphatic rings. The van der Waals surface area contributed by atoms with E-state index in [9.17, 15) is 9.90 Å². The second kappa shape index (κ2) is 8.03. The van der Waals surface area contributed by atoms with Crippen molar-refractivity contribution in [2.24, 2.45) is 5.41 Å². The Morgan fingerprint density at radius 1 is 1.36 bits per heavy atom. The molecule has 0 heterocycles. The molecule has 5 heteroatoms. The predicted molar refractivity (Wildman–Crippen MR) is 88.1 cm³/mol. The Hall–Kier alpha value is -1.75. The Balaban J connectivity index is 2.28. The second-order valence-corrected chi connectivity index (χ2v) is 6.72. The third-order valence-electron chi connectivity index (χ3n) is 3.58. The molecule has 5 nitrogen and oxygen atoms in total. The molecule has 0 saturated heterocycles. The summed E-state index contributed by atoms with van der Waals surface area (Å²) in [5.41, 5.74) is 1.09. The van der Waals surface area contributed by atoms with E-state index < -0.39 is 6.10 Å². The number of ether oxygens (including phenoxy) is 1. The van der Waals surface area contributed by atoms with Crippen LogP contribution in [0.5, 0.6) is 5.75 Å². The molecule has 0 radical (unpaired) electrons. The highest BCUT2D eigenvalue weighted by molar-refractivity contribution is 5.74. The summed E-state index contributed by atoms with van der Waals surface area (Å²) in [6.45, 7) is 10.4. The van der Waals surface area contributed by atoms with Gasteiger partial charge in [-0.1, -0.05) is 32.9 Å². The van der Waals surface area contributed by atoms with E-state index in [-0.39, 0.29) is 30.6 Å². The van der Waals surface area contributed by atoms with Crippen molar-refractivity contribution in [1.29, 1.82) is 0 Å². The van der Waals surface area contributed by atoms with Crippen LogP contribution in [0.1, 0.15) is 33.3 Å². The van der Waals surface area contributed by atoms with Crippen LogP contribution in [0.3, 0.4) is 0 Å². The van der Waals surface area contributed by atoms with E-state index in [1.807, 2.05) is 38.1 Å². The van der Waals surface area contributed by atoms with Crippen LogP contribution >= 0.6 is 0 Å². The van der Waals surface area contributed by atoms with Gasteiger partial charge in [-0.05, 0) is 37.0 Å². The number of rotatable bonds is 6. The summed E-state index contributed by atoms with van der Waals surface area (Å²) in [6, 6.07) is 7.37. The summed E-state index contributed by atoms with van der Waals surface area (Å²) in [5, 5.41) is 15.4. The maximum Gasteiger partial charge on any atom is 0.315 e. The molecule has 3 N–H and O–H groups in total. The molecule has 22 heavy (non-hydrogen) atoms. The molecule has 0 aliphatic carbocycles. The van der Waals surface area contributed by atoms with Gasteiger partial charge in [0, 0.05) is 12.6 Å². The molecule has 2 unspecified atom stereocenters. The number of aliphatic hydroxyl groups excluding tert-OH is 1. The highest BCUT2D eigenvalue weighted by Gasteiger charge is 2.21. The van der Waals surface area contributed by atoms with Crippen molar-refractivity contribution in [1.82, 2.24) is 10.6 Å². The van der Waals surface area contributed by atoms with Crippen molar-refractivity contribution in [2.45, 2.75) is 46.8 Å². The number of amides is 2. The molecule has 0 spiro atoms. The largest absolute Gasteiger partial charge is 0.491 e. The van der Waals surface area contributed by atoms with Gasteiger partial charge < -0.3 is 20.5 Å². The maximum absolute atomic E-state index is 11.7. The molecule has 2 atom stereocenters. The average molecular weight is 308 g/mol. The van der Waals surface area contributed by atoms with E-state index in [1.54, 1.807) is 0 Å². The van der Waals surface area contributed by atoms with E-state index in [2.05, 4.69) is 31.4 Å². The third kappa shape index (κ3) is 6.80. The summed E-state index contributed by atoms with van der Waals surface area (Å²) in [7, 11) is 0. The van der Waals surface area contributed by atoms with Gasteiger partial charge in [-0.25, -0.2) is 4.79 Å². The van der Waals surface area contributed by atoms with E-state index in [0.717, 1.165) is 5.56 Å². The molecular formula is C17H28N2O3. The maximum atomic E-state index is 11.7. The van der Waals surface area contributed by atoms with Crippen LogP contribution in [0.25, 0.3) is 0 Å². The number of nitrogens with one attached hydrogen (secondary N) is 2. The molecule has 1 aromatic carbocycles. The number of aliphatic hydroxyl groups is 1. The van der Waals surface area contributed by atoms with E-state index >= 15 is 0 Å². The SMILES string of the molecule is Cc1cccc(OCC(O)CNC(=O)NC(C)C(C)(C)C)c1. The summed E-state index contributed by atoms with van der Waals surface area (Å²) in [5.74, 6) is 0.713. The van der Waals surface area contributed by atoms with Gasteiger partial charge in [-0.2, -0.15) is 0 Å². The Morgan fingerprint density at radius 3 is 2.64 bits per heavy atom. The van der Waals surface area contributed by atoms with Gasteiger partial charge in [0.05, 0.1) is 0 Å². The minimum absolute atomic E-state index is 0.00969. The van der Waals surface area contributed by atoms with E-state index in [0.29, 0.717) is 5.75 Å². The fourth-order valence-electron chi connectivity index (χ4n) is 1.63. The van der Waals surface area contributed by atoms with Crippen LogP contribution in [0, 0.1) is 12.3 Å². The monoisotopic (exact) mass is 308 g/mol. The average Bonchev–Trinajstić information content (AvgIpc) is 2.42. The third-order valence-corrected chi connectivity index (χ3v) is 3.58. The van der Waals surface area contributed by atoms with Gasteiger partial charge in [0.25, 0.3) is 0 Å². The number of carbonyl (C=O) groups excluding carboxylic acids is 1. The highest BCUT2D eigenvalue weighted by atomic mass is 16.5. The fraction of sp³-hybridized carbons (Fsp3) is 0.588. The standard InChI is InChI=1S/C17H28N2O3/c1-12-7-6-8-15(9-12)22-11-14(20)10-18-16(21)19-13(2)17(3,4)5/h6-9,13-14,20H,10-11H2,1-5H3,(H2,18,19,21). The van der Waals surface area contributed by atoms with Crippen LogP contribution in [0.2, 0.25) is 0 Å². The van der Waals surface area contributed by atoms with Gasteiger partial charge in [0.15, 0.2) is 0 Å². The number of hydrogen-bond donors (Lipinski definition) is 3. The van der Waals surface area contributed by atoms with Crippen molar-refractivity contribution in [2.75, 3.05) is 13.2 Å². The van der Waals surface area contributed by atoms with Crippen LogP contribution in [0.4, 0.5) is 4.79 Å². The fourth-order valence-corrected chi connectivity index (χ4v) is 1.63. The lowest BCUT2D eigenvalue weighted by atomic mass is 9.88. The number of hydrogen-bond acceptors (Lipinski definition) is 3. The Kier molecular flexibility index (Phi) is 6.68. The lowest BCUT2D eigenvalue weighted by Gasteiger charge is -2.28. The zero-order valence-corrected chi connectivity index (χ0v) is 14.1. The summed E-state index contributed by atoms with van der Waals surface area (Å²) in [4.78, 5) is 11.7. The topological polar surface area (TPSA) is 70.6 Å². The molecule has 0 aromatic heterocycles.